The molecule has 1 fully saturated rings. The molecule has 2 amide bonds. The highest BCUT2D eigenvalue weighted by Gasteiger charge is 2.31. The monoisotopic (exact) mass is 373 g/mol. The van der Waals surface area contributed by atoms with E-state index in [0.717, 1.165) is 30.6 Å². The first-order valence-corrected chi connectivity index (χ1v) is 9.31. The van der Waals surface area contributed by atoms with Crippen LogP contribution in [0.1, 0.15) is 35.7 Å². The van der Waals surface area contributed by atoms with E-state index in [1.807, 2.05) is 24.2 Å². The van der Waals surface area contributed by atoms with Crippen molar-refractivity contribution in [1.82, 2.24) is 14.8 Å². The van der Waals surface area contributed by atoms with E-state index >= 15 is 0 Å². The predicted octanol–water partition coefficient (Wildman–Crippen LogP) is 3.12. The molecule has 6 nitrogen and oxygen atoms in total. The molecule has 1 atom stereocenters. The van der Waals surface area contributed by atoms with Crippen molar-refractivity contribution in [2.45, 2.75) is 31.9 Å². The smallest absolute Gasteiger partial charge is 0.317 e. The lowest BCUT2D eigenvalue weighted by molar-refractivity contribution is -0.0172. The van der Waals surface area contributed by atoms with E-state index in [-0.39, 0.29) is 24.7 Å². The number of carbonyl (C=O) groups is 1. The zero-order valence-electron chi connectivity index (χ0n) is 15.4. The maximum absolute atomic E-state index is 13.8. The second-order valence-corrected chi connectivity index (χ2v) is 7.04. The van der Waals surface area contributed by atoms with E-state index in [1.54, 1.807) is 0 Å². The number of rotatable bonds is 4. The van der Waals surface area contributed by atoms with E-state index < -0.39 is 0 Å². The molecule has 0 spiro atoms. The van der Waals surface area contributed by atoms with Gasteiger partial charge in [0, 0.05) is 37.6 Å². The maximum Gasteiger partial charge on any atom is 0.317 e. The Balaban J connectivity index is 1.39. The first-order chi connectivity index (χ1) is 13.1. The summed E-state index contributed by atoms with van der Waals surface area (Å²) in [5.41, 5.74) is 2.62. The van der Waals surface area contributed by atoms with Gasteiger partial charge in [0.05, 0.1) is 12.6 Å². The number of halogens is 1. The third-order valence-corrected chi connectivity index (χ3v) is 5.26. The molecule has 27 heavy (non-hydrogen) atoms. The fourth-order valence-electron chi connectivity index (χ4n) is 3.99. The third kappa shape index (κ3) is 3.64. The summed E-state index contributed by atoms with van der Waals surface area (Å²) in [6, 6.07) is 7.00. The van der Waals surface area contributed by atoms with Crippen LogP contribution in [-0.4, -0.2) is 35.4 Å². The molecule has 0 unspecified atom stereocenters. The van der Waals surface area contributed by atoms with Crippen LogP contribution in [0.3, 0.4) is 0 Å². The first kappa shape index (κ1) is 17.9. The van der Waals surface area contributed by atoms with Crippen LogP contribution >= 0.6 is 0 Å². The number of benzene rings is 1. The molecular formula is C20H24FN3O3. The summed E-state index contributed by atoms with van der Waals surface area (Å²) in [5, 5.41) is 2.98. The van der Waals surface area contributed by atoms with Crippen molar-refractivity contribution in [2.24, 2.45) is 7.05 Å². The number of urea groups is 1. The Kier molecular flexibility index (Phi) is 5.03. The minimum atomic E-state index is -0.313. The molecule has 4 rings (SSSR count). The molecule has 2 aromatic rings. The van der Waals surface area contributed by atoms with Gasteiger partial charge in [-0.15, -0.1) is 0 Å². The summed E-state index contributed by atoms with van der Waals surface area (Å²) in [7, 11) is 2.00. The molecule has 0 saturated carbocycles. The van der Waals surface area contributed by atoms with Gasteiger partial charge in [-0.2, -0.15) is 0 Å². The second kappa shape index (κ2) is 7.60. The molecule has 1 aromatic carbocycles. The van der Waals surface area contributed by atoms with Gasteiger partial charge in [0.25, 0.3) is 0 Å². The van der Waals surface area contributed by atoms with Crippen LogP contribution < -0.4 is 10.1 Å². The van der Waals surface area contributed by atoms with Crippen LogP contribution in [0.5, 0.6) is 5.75 Å². The van der Waals surface area contributed by atoms with E-state index in [0.29, 0.717) is 30.9 Å². The SMILES string of the molecule is Cn1cccc1[C@H]1CCCN1C(=O)NCCc1cc(F)cc2c1OCOC2. The van der Waals surface area contributed by atoms with Crippen molar-refractivity contribution in [2.75, 3.05) is 19.9 Å². The summed E-state index contributed by atoms with van der Waals surface area (Å²) in [6.45, 7) is 1.69. The number of hydrogen-bond donors (Lipinski definition) is 1. The molecule has 0 radical (unpaired) electrons. The van der Waals surface area contributed by atoms with Crippen molar-refractivity contribution in [3.63, 3.8) is 0 Å². The normalized spacial score (nSPS) is 18.9. The Labute approximate surface area is 157 Å². The lowest BCUT2D eigenvalue weighted by Gasteiger charge is -2.26. The predicted molar refractivity (Wildman–Crippen MR) is 97.9 cm³/mol. The molecule has 7 heteroatoms. The zero-order valence-corrected chi connectivity index (χ0v) is 15.4. The molecule has 144 valence electrons. The number of ether oxygens (including phenoxy) is 2. The highest BCUT2D eigenvalue weighted by atomic mass is 19.1. The van der Waals surface area contributed by atoms with Gasteiger partial charge in [-0.3, -0.25) is 0 Å². The standard InChI is InChI=1S/C20H24FN3O3/c1-23-8-2-4-17(23)18-5-3-9-24(18)20(25)22-7-6-14-10-16(21)11-15-12-26-13-27-19(14)15/h2,4,8,10-11,18H,3,5-7,9,12-13H2,1H3,(H,22,25)/t18-/m1/s1. The zero-order chi connectivity index (χ0) is 18.8. The third-order valence-electron chi connectivity index (χ3n) is 5.26. The number of nitrogens with one attached hydrogen (secondary N) is 1. The average molecular weight is 373 g/mol. The van der Waals surface area contributed by atoms with Gasteiger partial charge < -0.3 is 24.3 Å². The van der Waals surface area contributed by atoms with Crippen LogP contribution in [0.25, 0.3) is 0 Å². The largest absolute Gasteiger partial charge is 0.467 e. The Hall–Kier alpha value is -2.54. The molecule has 2 aliphatic heterocycles. The Morgan fingerprint density at radius 3 is 3.11 bits per heavy atom. The first-order valence-electron chi connectivity index (χ1n) is 9.31. The molecule has 3 heterocycles. The molecule has 0 bridgehead atoms. The highest BCUT2D eigenvalue weighted by molar-refractivity contribution is 5.75. The van der Waals surface area contributed by atoms with Gasteiger partial charge in [0.15, 0.2) is 6.79 Å². The van der Waals surface area contributed by atoms with Gasteiger partial charge in [0.1, 0.15) is 11.6 Å². The molecule has 1 aromatic heterocycles. The average Bonchev–Trinajstić information content (AvgIpc) is 3.29. The number of likely N-dealkylation sites (tertiary alicyclic amines) is 1. The van der Waals surface area contributed by atoms with Gasteiger partial charge in [-0.1, -0.05) is 0 Å². The molecular weight excluding hydrogens is 349 g/mol. The Morgan fingerprint density at radius 1 is 1.41 bits per heavy atom. The van der Waals surface area contributed by atoms with Gasteiger partial charge in [-0.05, 0) is 49.1 Å². The molecule has 0 aliphatic carbocycles. The van der Waals surface area contributed by atoms with E-state index in [4.69, 9.17) is 9.47 Å². The van der Waals surface area contributed by atoms with Crippen molar-refractivity contribution in [3.05, 3.63) is 53.1 Å². The summed E-state index contributed by atoms with van der Waals surface area (Å²) >= 11 is 0. The number of amides is 2. The van der Waals surface area contributed by atoms with Crippen LogP contribution in [0.15, 0.2) is 30.5 Å². The minimum Gasteiger partial charge on any atom is -0.467 e. The lowest BCUT2D eigenvalue weighted by atomic mass is 10.1. The number of hydrogen-bond acceptors (Lipinski definition) is 3. The van der Waals surface area contributed by atoms with Gasteiger partial charge in [-0.25, -0.2) is 9.18 Å². The van der Waals surface area contributed by atoms with Crippen molar-refractivity contribution in [3.8, 4) is 5.75 Å². The van der Waals surface area contributed by atoms with E-state index in [9.17, 15) is 9.18 Å². The minimum absolute atomic E-state index is 0.0757. The Morgan fingerprint density at radius 2 is 2.30 bits per heavy atom. The summed E-state index contributed by atoms with van der Waals surface area (Å²) in [4.78, 5) is 14.6. The Bertz CT molecular complexity index is 836. The number of fused-ring (bicyclic) bond motifs is 1. The van der Waals surface area contributed by atoms with Crippen molar-refractivity contribution < 1.29 is 18.7 Å². The maximum atomic E-state index is 13.8. The fraction of sp³-hybridized carbons (Fsp3) is 0.450. The number of carbonyl (C=O) groups excluding carboxylic acids is 1. The van der Waals surface area contributed by atoms with Crippen LogP contribution in [0.4, 0.5) is 9.18 Å². The van der Waals surface area contributed by atoms with Gasteiger partial charge in [0.2, 0.25) is 0 Å². The van der Waals surface area contributed by atoms with E-state index in [2.05, 4.69) is 16.0 Å². The molecule has 2 aliphatic rings. The number of aryl methyl sites for hydroxylation is 1. The van der Waals surface area contributed by atoms with Crippen LogP contribution in [-0.2, 0) is 24.8 Å². The quantitative estimate of drug-likeness (QED) is 0.896. The lowest BCUT2D eigenvalue weighted by Crippen LogP contribution is -2.40. The summed E-state index contributed by atoms with van der Waals surface area (Å²) in [5.74, 6) is 0.368. The van der Waals surface area contributed by atoms with Crippen molar-refractivity contribution >= 4 is 6.03 Å². The molecule has 1 saturated heterocycles. The summed E-state index contributed by atoms with van der Waals surface area (Å²) in [6.07, 6.45) is 4.47. The van der Waals surface area contributed by atoms with Gasteiger partial charge >= 0.3 is 6.03 Å². The number of aromatic nitrogens is 1. The summed E-state index contributed by atoms with van der Waals surface area (Å²) < 4.78 is 26.6. The number of nitrogens with zero attached hydrogens (tertiary/aromatic N) is 2. The van der Waals surface area contributed by atoms with Crippen LogP contribution in [0.2, 0.25) is 0 Å². The second-order valence-electron chi connectivity index (χ2n) is 7.04. The highest BCUT2D eigenvalue weighted by Crippen LogP contribution is 2.32. The fourth-order valence-corrected chi connectivity index (χ4v) is 3.99. The van der Waals surface area contributed by atoms with Crippen molar-refractivity contribution in [1.29, 1.82) is 0 Å². The van der Waals surface area contributed by atoms with E-state index in [1.165, 1.54) is 12.1 Å². The van der Waals surface area contributed by atoms with Crippen LogP contribution in [0, 0.1) is 5.82 Å². The topological polar surface area (TPSA) is 55.7 Å². The molecule has 1 N–H and O–H groups in total.